The molecule has 4 heteroatoms. The van der Waals surface area contributed by atoms with Crippen LogP contribution in [0.1, 0.15) is 19.3 Å². The molecule has 2 rings (SSSR count). The van der Waals surface area contributed by atoms with Crippen LogP contribution in [-0.2, 0) is 9.53 Å². The Morgan fingerprint density at radius 3 is 2.79 bits per heavy atom. The fourth-order valence-corrected chi connectivity index (χ4v) is 2.25. The van der Waals surface area contributed by atoms with Gasteiger partial charge in [0.05, 0.1) is 0 Å². The largest absolute Gasteiger partial charge is 0.459 e. The van der Waals surface area contributed by atoms with E-state index < -0.39 is 0 Å². The lowest BCUT2D eigenvalue weighted by Gasteiger charge is -2.37. The molecule has 2 atom stereocenters. The second-order valence-electron chi connectivity index (χ2n) is 3.90. The summed E-state index contributed by atoms with van der Waals surface area (Å²) in [6.07, 6.45) is 3.28. The van der Waals surface area contributed by atoms with E-state index in [1.165, 1.54) is 6.42 Å². The van der Waals surface area contributed by atoms with Crippen LogP contribution in [0.4, 0.5) is 0 Å². The summed E-state index contributed by atoms with van der Waals surface area (Å²) in [7, 11) is 0. The van der Waals surface area contributed by atoms with E-state index in [4.69, 9.17) is 16.3 Å². The maximum Gasteiger partial charge on any atom is 0.323 e. The topological polar surface area (TPSA) is 29.5 Å². The number of hydrogen-bond acceptors (Lipinski definition) is 3. The van der Waals surface area contributed by atoms with Gasteiger partial charge in [-0.15, -0.1) is 0 Å². The quantitative estimate of drug-likeness (QED) is 0.669. The molecule has 0 spiro atoms. The Morgan fingerprint density at radius 1 is 1.50 bits per heavy atom. The lowest BCUT2D eigenvalue weighted by Crippen LogP contribution is -2.50. The zero-order valence-electron chi connectivity index (χ0n) is 8.04. The highest BCUT2D eigenvalue weighted by Crippen LogP contribution is 2.34. The summed E-state index contributed by atoms with van der Waals surface area (Å²) < 4.78 is 5.03. The molecule has 0 aromatic heterocycles. The van der Waals surface area contributed by atoms with E-state index >= 15 is 0 Å². The summed E-state index contributed by atoms with van der Waals surface area (Å²) in [4.78, 5) is 13.8. The van der Waals surface area contributed by atoms with Gasteiger partial charge in [-0.2, -0.15) is 0 Å². The van der Waals surface area contributed by atoms with E-state index in [1.807, 2.05) is 0 Å². The van der Waals surface area contributed by atoms with Crippen molar-refractivity contribution in [3.05, 3.63) is 11.6 Å². The maximum atomic E-state index is 11.6. The number of fused-ring (bicyclic) bond motifs is 1. The minimum absolute atomic E-state index is 0.0234. The van der Waals surface area contributed by atoms with Crippen LogP contribution in [-0.4, -0.2) is 36.1 Å². The van der Waals surface area contributed by atoms with E-state index in [0.29, 0.717) is 11.1 Å². The smallest absolute Gasteiger partial charge is 0.323 e. The summed E-state index contributed by atoms with van der Waals surface area (Å²) in [6.45, 7) is 4.64. The van der Waals surface area contributed by atoms with Gasteiger partial charge in [-0.25, -0.2) is 0 Å². The molecular weight excluding hydrogens is 202 g/mol. The average Bonchev–Trinajstić information content (AvgIpc) is 2.37. The van der Waals surface area contributed by atoms with E-state index in [9.17, 15) is 4.79 Å². The van der Waals surface area contributed by atoms with E-state index in [-0.39, 0.29) is 18.6 Å². The molecule has 3 nitrogen and oxygen atoms in total. The first-order valence-electron chi connectivity index (χ1n) is 4.94. The Balaban J connectivity index is 1.83. The van der Waals surface area contributed by atoms with Crippen LogP contribution in [0, 0.1) is 0 Å². The second-order valence-corrected chi connectivity index (χ2v) is 4.43. The fourth-order valence-electron chi connectivity index (χ4n) is 2.20. The highest BCUT2D eigenvalue weighted by Gasteiger charge is 2.43. The van der Waals surface area contributed by atoms with Gasteiger partial charge in [0, 0.05) is 17.6 Å². The van der Waals surface area contributed by atoms with Gasteiger partial charge in [0.25, 0.3) is 0 Å². The first-order valence-corrected chi connectivity index (χ1v) is 5.32. The first kappa shape index (κ1) is 9.99. The molecule has 0 radical (unpaired) electrons. The van der Waals surface area contributed by atoms with Gasteiger partial charge in [0.1, 0.15) is 12.6 Å². The zero-order chi connectivity index (χ0) is 10.1. The van der Waals surface area contributed by atoms with Crippen LogP contribution in [0.5, 0.6) is 0 Å². The molecule has 0 saturated carbocycles. The molecule has 78 valence electrons. The summed E-state index contributed by atoms with van der Waals surface area (Å²) in [5.74, 6) is -0.144. The van der Waals surface area contributed by atoms with Crippen molar-refractivity contribution in [3.8, 4) is 0 Å². The molecule has 2 aliphatic rings. The van der Waals surface area contributed by atoms with Crippen molar-refractivity contribution in [2.45, 2.75) is 31.3 Å². The molecule has 2 saturated heterocycles. The molecule has 2 unspecified atom stereocenters. The van der Waals surface area contributed by atoms with Crippen molar-refractivity contribution in [1.82, 2.24) is 4.90 Å². The van der Waals surface area contributed by atoms with Crippen LogP contribution >= 0.6 is 11.6 Å². The van der Waals surface area contributed by atoms with Crippen LogP contribution in [0.3, 0.4) is 0 Å². The predicted molar refractivity (Wildman–Crippen MR) is 54.1 cm³/mol. The number of carbonyl (C=O) groups is 1. The van der Waals surface area contributed by atoms with Crippen LogP contribution in [0.25, 0.3) is 0 Å². The van der Waals surface area contributed by atoms with Gasteiger partial charge in [-0.05, 0) is 19.3 Å². The summed E-state index contributed by atoms with van der Waals surface area (Å²) in [6, 6.07) is 0.608. The number of hydrogen-bond donors (Lipinski definition) is 0. The third-order valence-electron chi connectivity index (χ3n) is 3.01. The van der Waals surface area contributed by atoms with Gasteiger partial charge in [-0.3, -0.25) is 9.69 Å². The normalized spacial score (nSPS) is 30.6. The molecule has 0 bridgehead atoms. The van der Waals surface area contributed by atoms with Gasteiger partial charge in [0.2, 0.25) is 0 Å². The van der Waals surface area contributed by atoms with E-state index in [1.54, 1.807) is 0 Å². The zero-order valence-corrected chi connectivity index (χ0v) is 8.79. The number of carbonyl (C=O) groups excluding carboxylic acids is 1. The molecule has 0 N–H and O–H groups in total. The van der Waals surface area contributed by atoms with Crippen molar-refractivity contribution in [3.63, 3.8) is 0 Å². The van der Waals surface area contributed by atoms with Gasteiger partial charge in [0.15, 0.2) is 0 Å². The van der Waals surface area contributed by atoms with Gasteiger partial charge < -0.3 is 4.74 Å². The molecular formula is C10H14ClNO2. The predicted octanol–water partition coefficient (Wildman–Crippen LogP) is 1.52. The highest BCUT2D eigenvalue weighted by atomic mass is 35.5. The van der Waals surface area contributed by atoms with Crippen molar-refractivity contribution < 1.29 is 9.53 Å². The third kappa shape index (κ3) is 1.79. The van der Waals surface area contributed by atoms with Crippen LogP contribution in [0.2, 0.25) is 0 Å². The lowest BCUT2D eigenvalue weighted by molar-refractivity contribution is -0.149. The summed E-state index contributed by atoms with van der Waals surface area (Å²) >= 11 is 5.52. The minimum Gasteiger partial charge on any atom is -0.459 e. The maximum absolute atomic E-state index is 11.6. The number of nitrogens with zero attached hydrogens (tertiary/aromatic N) is 1. The third-order valence-corrected chi connectivity index (χ3v) is 3.12. The molecule has 0 amide bonds. The van der Waals surface area contributed by atoms with Crippen molar-refractivity contribution in [2.75, 3.05) is 13.2 Å². The SMILES string of the molecule is C=C(Cl)COC(=O)C1CCC2CCN21. The number of halogens is 1. The lowest BCUT2D eigenvalue weighted by atomic mass is 10.1. The molecule has 14 heavy (non-hydrogen) atoms. The van der Waals surface area contributed by atoms with Crippen LogP contribution < -0.4 is 0 Å². The standard InChI is InChI=1S/C10H14ClNO2/c1-7(11)6-14-10(13)9-3-2-8-4-5-12(8)9/h8-9H,1-6H2. The minimum atomic E-state index is -0.144. The molecule has 2 aliphatic heterocycles. The Bertz CT molecular complexity index is 267. The Labute approximate surface area is 88.7 Å². The summed E-state index contributed by atoms with van der Waals surface area (Å²) in [5, 5.41) is 0.372. The molecule has 2 heterocycles. The Kier molecular flexibility index (Phi) is 2.79. The molecule has 0 aliphatic carbocycles. The number of esters is 1. The first-order chi connectivity index (χ1) is 6.68. The monoisotopic (exact) mass is 215 g/mol. The number of rotatable bonds is 3. The fraction of sp³-hybridized carbons (Fsp3) is 0.700. The van der Waals surface area contributed by atoms with Gasteiger partial charge in [-0.1, -0.05) is 18.2 Å². The Hall–Kier alpha value is -0.540. The van der Waals surface area contributed by atoms with Crippen molar-refractivity contribution in [2.24, 2.45) is 0 Å². The molecule has 0 aromatic carbocycles. The van der Waals surface area contributed by atoms with Crippen molar-refractivity contribution >= 4 is 17.6 Å². The van der Waals surface area contributed by atoms with E-state index in [2.05, 4.69) is 11.5 Å². The Morgan fingerprint density at radius 2 is 2.29 bits per heavy atom. The van der Waals surface area contributed by atoms with Crippen LogP contribution in [0.15, 0.2) is 11.6 Å². The molecule has 2 fully saturated rings. The molecule has 0 aromatic rings. The van der Waals surface area contributed by atoms with E-state index in [0.717, 1.165) is 19.4 Å². The summed E-state index contributed by atoms with van der Waals surface area (Å²) in [5.41, 5.74) is 0. The average molecular weight is 216 g/mol. The van der Waals surface area contributed by atoms with Gasteiger partial charge >= 0.3 is 5.97 Å². The van der Waals surface area contributed by atoms with Crippen molar-refractivity contribution in [1.29, 1.82) is 0 Å². The number of ether oxygens (including phenoxy) is 1. The highest BCUT2D eigenvalue weighted by molar-refractivity contribution is 6.29. The second kappa shape index (κ2) is 3.91.